The van der Waals surface area contributed by atoms with E-state index in [0.717, 1.165) is 0 Å². The van der Waals surface area contributed by atoms with Crippen LogP contribution < -0.4 is 0 Å². The summed E-state index contributed by atoms with van der Waals surface area (Å²) in [5, 5.41) is 11.0. The van der Waals surface area contributed by atoms with Gasteiger partial charge >= 0.3 is 0 Å². The van der Waals surface area contributed by atoms with Crippen LogP contribution in [0.4, 0.5) is 5.69 Å². The first-order valence-corrected chi connectivity index (χ1v) is 8.77. The van der Waals surface area contributed by atoms with Gasteiger partial charge in [-0.15, -0.1) is 0 Å². The van der Waals surface area contributed by atoms with Crippen molar-refractivity contribution in [3.8, 4) is 0 Å². The number of rotatable bonds is 2. The predicted molar refractivity (Wildman–Crippen MR) is 88.6 cm³/mol. The summed E-state index contributed by atoms with van der Waals surface area (Å²) in [5.74, 6) is -0.784. The molecule has 24 heavy (non-hydrogen) atoms. The Morgan fingerprint density at radius 1 is 1.17 bits per heavy atom. The molecule has 1 heterocycles. The maximum Gasteiger partial charge on any atom is 0.272 e. The van der Waals surface area contributed by atoms with Gasteiger partial charge in [-0.25, -0.2) is 8.42 Å². The molecule has 0 unspecified atom stereocenters. The highest BCUT2D eigenvalue weighted by atomic mass is 32.2. The monoisotopic (exact) mass is 343 g/mol. The first-order valence-electron chi connectivity index (χ1n) is 7.12. The number of nitrogens with zero attached hydrogens (tertiary/aromatic N) is 1. The van der Waals surface area contributed by atoms with Gasteiger partial charge in [0.1, 0.15) is 0 Å². The molecule has 0 aromatic heterocycles. The van der Waals surface area contributed by atoms with Crippen LogP contribution in [-0.4, -0.2) is 24.9 Å². The highest BCUT2D eigenvalue weighted by Crippen LogP contribution is 2.29. The van der Waals surface area contributed by atoms with Crippen LogP contribution >= 0.6 is 0 Å². The fourth-order valence-electron chi connectivity index (χ4n) is 2.67. The third-order valence-corrected chi connectivity index (χ3v) is 5.59. The minimum Gasteiger partial charge on any atom is -0.289 e. The Hall–Kier alpha value is -2.80. The molecule has 122 valence electrons. The average molecular weight is 343 g/mol. The summed E-state index contributed by atoms with van der Waals surface area (Å²) >= 11 is 0. The summed E-state index contributed by atoms with van der Waals surface area (Å²) in [6, 6.07) is 10.6. The molecule has 0 bridgehead atoms. The number of fused-ring (bicyclic) bond motifs is 1. The molecule has 0 saturated carbocycles. The van der Waals surface area contributed by atoms with Gasteiger partial charge in [0.15, 0.2) is 15.6 Å². The second kappa shape index (κ2) is 5.68. The van der Waals surface area contributed by atoms with Crippen LogP contribution in [0.1, 0.15) is 21.5 Å². The number of carbonyl (C=O) groups is 1. The van der Waals surface area contributed by atoms with E-state index in [1.165, 1.54) is 24.3 Å². The van der Waals surface area contributed by atoms with Gasteiger partial charge < -0.3 is 0 Å². The van der Waals surface area contributed by atoms with Gasteiger partial charge in [0.25, 0.3) is 5.69 Å². The highest BCUT2D eigenvalue weighted by molar-refractivity contribution is 7.91. The van der Waals surface area contributed by atoms with Crippen molar-refractivity contribution in [2.75, 3.05) is 5.75 Å². The Labute approximate surface area is 138 Å². The Morgan fingerprint density at radius 3 is 2.58 bits per heavy atom. The number of sulfone groups is 1. The van der Waals surface area contributed by atoms with E-state index in [1.807, 2.05) is 0 Å². The Bertz CT molecular complexity index is 1010. The van der Waals surface area contributed by atoms with Gasteiger partial charge in [-0.05, 0) is 30.7 Å². The Morgan fingerprint density at radius 2 is 1.88 bits per heavy atom. The number of aryl methyl sites for hydroxylation is 1. The number of hydrogen-bond donors (Lipinski definition) is 0. The van der Waals surface area contributed by atoms with Crippen molar-refractivity contribution in [2.24, 2.45) is 0 Å². The molecule has 0 N–H and O–H groups in total. The van der Waals surface area contributed by atoms with Gasteiger partial charge in [-0.2, -0.15) is 0 Å². The molecule has 2 aromatic carbocycles. The number of nitro groups is 1. The fourth-order valence-corrected chi connectivity index (χ4v) is 4.23. The quantitative estimate of drug-likeness (QED) is 0.475. The van der Waals surface area contributed by atoms with Crippen LogP contribution in [-0.2, 0) is 9.84 Å². The molecular formula is C17H13NO5S. The third-order valence-electron chi connectivity index (χ3n) is 3.87. The van der Waals surface area contributed by atoms with Crippen LogP contribution in [0.5, 0.6) is 0 Å². The van der Waals surface area contributed by atoms with E-state index in [4.69, 9.17) is 0 Å². The van der Waals surface area contributed by atoms with Crippen LogP contribution in [0.15, 0.2) is 52.9 Å². The lowest BCUT2D eigenvalue weighted by Crippen LogP contribution is -2.24. The molecule has 3 rings (SSSR count). The SMILES string of the molecule is Cc1ccc(/C=C2/CS(=O)(=O)c3ccccc3C2=O)cc1[N+](=O)[O-]. The van der Waals surface area contributed by atoms with Gasteiger partial charge in [0.05, 0.1) is 15.6 Å². The van der Waals surface area contributed by atoms with Crippen molar-refractivity contribution < 1.29 is 18.1 Å². The topological polar surface area (TPSA) is 94.3 Å². The van der Waals surface area contributed by atoms with Crippen molar-refractivity contribution in [3.63, 3.8) is 0 Å². The smallest absolute Gasteiger partial charge is 0.272 e. The molecule has 0 radical (unpaired) electrons. The summed E-state index contributed by atoms with van der Waals surface area (Å²) in [4.78, 5) is 23.1. The minimum atomic E-state index is -3.60. The standard InChI is InChI=1S/C17H13NO5S/c1-11-6-7-12(9-15(11)18(20)21)8-13-10-24(22,23)16-5-3-2-4-14(16)17(13)19/h2-9H,10H2,1H3/b13-8-. The summed E-state index contributed by atoms with van der Waals surface area (Å²) < 4.78 is 24.7. The molecule has 7 heteroatoms. The highest BCUT2D eigenvalue weighted by Gasteiger charge is 2.32. The van der Waals surface area contributed by atoms with Gasteiger partial charge in [0, 0.05) is 22.8 Å². The zero-order valence-corrected chi connectivity index (χ0v) is 13.5. The minimum absolute atomic E-state index is 0.0297. The van der Waals surface area contributed by atoms with Crippen LogP contribution in [0.2, 0.25) is 0 Å². The second-order valence-corrected chi connectivity index (χ2v) is 7.51. The number of ketones is 1. The lowest BCUT2D eigenvalue weighted by atomic mass is 10.0. The molecule has 0 amide bonds. The average Bonchev–Trinajstić information content (AvgIpc) is 2.54. The van der Waals surface area contributed by atoms with Crippen LogP contribution in [0, 0.1) is 17.0 Å². The number of carbonyl (C=O) groups excluding carboxylic acids is 1. The van der Waals surface area contributed by atoms with Crippen molar-refractivity contribution in [2.45, 2.75) is 11.8 Å². The van der Waals surface area contributed by atoms with Crippen molar-refractivity contribution in [1.82, 2.24) is 0 Å². The van der Waals surface area contributed by atoms with Crippen LogP contribution in [0.3, 0.4) is 0 Å². The molecule has 2 aromatic rings. The van der Waals surface area contributed by atoms with Gasteiger partial charge in [-0.1, -0.05) is 24.3 Å². The first-order chi connectivity index (χ1) is 11.3. The van der Waals surface area contributed by atoms with Crippen molar-refractivity contribution in [1.29, 1.82) is 0 Å². The molecule has 0 saturated heterocycles. The fraction of sp³-hybridized carbons (Fsp3) is 0.118. The van der Waals surface area contributed by atoms with Gasteiger partial charge in [0.2, 0.25) is 0 Å². The number of Topliss-reactive ketones (excluding diaryl/α,β-unsaturated/α-hetero) is 1. The normalized spacial score (nSPS) is 17.5. The molecule has 0 atom stereocenters. The van der Waals surface area contributed by atoms with Crippen LogP contribution in [0.25, 0.3) is 6.08 Å². The summed E-state index contributed by atoms with van der Waals surface area (Å²) in [7, 11) is -3.60. The van der Waals surface area contributed by atoms with E-state index < -0.39 is 20.5 Å². The van der Waals surface area contributed by atoms with E-state index in [2.05, 4.69) is 0 Å². The van der Waals surface area contributed by atoms with E-state index in [-0.39, 0.29) is 27.5 Å². The number of benzene rings is 2. The molecule has 0 spiro atoms. The zero-order valence-electron chi connectivity index (χ0n) is 12.7. The van der Waals surface area contributed by atoms with Crippen molar-refractivity contribution in [3.05, 3.63) is 74.8 Å². The lowest BCUT2D eigenvalue weighted by Gasteiger charge is -2.17. The molecule has 0 fully saturated rings. The van der Waals surface area contributed by atoms with E-state index in [9.17, 15) is 23.3 Å². The number of nitro benzene ring substituents is 1. The molecule has 6 nitrogen and oxygen atoms in total. The van der Waals surface area contributed by atoms with E-state index in [0.29, 0.717) is 11.1 Å². The Balaban J connectivity index is 2.11. The summed E-state index contributed by atoms with van der Waals surface area (Å²) in [6.07, 6.45) is 1.41. The van der Waals surface area contributed by atoms with Gasteiger partial charge in [-0.3, -0.25) is 14.9 Å². The van der Waals surface area contributed by atoms with Crippen molar-refractivity contribution >= 4 is 27.4 Å². The zero-order chi connectivity index (χ0) is 17.5. The third kappa shape index (κ3) is 2.74. The molecule has 1 aliphatic rings. The van der Waals surface area contributed by atoms with E-state index >= 15 is 0 Å². The first kappa shape index (κ1) is 16.1. The molecule has 0 aliphatic carbocycles. The number of hydrogen-bond acceptors (Lipinski definition) is 5. The molecule has 1 aliphatic heterocycles. The second-order valence-electron chi connectivity index (χ2n) is 5.56. The summed E-state index contributed by atoms with van der Waals surface area (Å²) in [5.41, 5.74) is 1.08. The summed E-state index contributed by atoms with van der Waals surface area (Å²) in [6.45, 7) is 1.61. The predicted octanol–water partition coefficient (Wildman–Crippen LogP) is 2.96. The largest absolute Gasteiger partial charge is 0.289 e. The lowest BCUT2D eigenvalue weighted by molar-refractivity contribution is -0.385. The Kier molecular flexibility index (Phi) is 3.81. The maximum atomic E-state index is 12.5. The maximum absolute atomic E-state index is 12.5. The van der Waals surface area contributed by atoms with E-state index in [1.54, 1.807) is 31.2 Å². The molecular weight excluding hydrogens is 330 g/mol.